The molecule has 0 aromatic carbocycles. The number of aromatic amines is 1. The van der Waals surface area contributed by atoms with Gasteiger partial charge in [-0.15, -0.1) is 0 Å². The SMILES string of the molecule is O=c1ccc(-c2nc(-c3cnccn3)no2)c[nH]1. The van der Waals surface area contributed by atoms with Crippen molar-refractivity contribution < 1.29 is 4.52 Å². The molecule has 0 aliphatic heterocycles. The van der Waals surface area contributed by atoms with Gasteiger partial charge in [-0.2, -0.15) is 4.98 Å². The normalized spacial score (nSPS) is 10.4. The van der Waals surface area contributed by atoms with Crippen molar-refractivity contribution in [1.29, 1.82) is 0 Å². The molecule has 0 unspecified atom stereocenters. The molecule has 0 amide bonds. The van der Waals surface area contributed by atoms with E-state index in [1.807, 2.05) is 0 Å². The molecule has 0 spiro atoms. The predicted octanol–water partition coefficient (Wildman–Crippen LogP) is 0.882. The van der Waals surface area contributed by atoms with Gasteiger partial charge in [0.2, 0.25) is 11.4 Å². The van der Waals surface area contributed by atoms with Crippen molar-refractivity contribution in [1.82, 2.24) is 25.1 Å². The summed E-state index contributed by atoms with van der Waals surface area (Å²) in [7, 11) is 0. The van der Waals surface area contributed by atoms with Crippen molar-refractivity contribution in [3.63, 3.8) is 0 Å². The van der Waals surface area contributed by atoms with Crippen molar-refractivity contribution in [3.05, 3.63) is 47.3 Å². The van der Waals surface area contributed by atoms with Gasteiger partial charge < -0.3 is 9.51 Å². The average molecular weight is 241 g/mol. The number of hydrogen-bond donors (Lipinski definition) is 1. The highest BCUT2D eigenvalue weighted by atomic mass is 16.5. The molecule has 0 saturated heterocycles. The summed E-state index contributed by atoms with van der Waals surface area (Å²) >= 11 is 0. The second kappa shape index (κ2) is 4.21. The van der Waals surface area contributed by atoms with Gasteiger partial charge >= 0.3 is 0 Å². The first-order chi connectivity index (χ1) is 8.83. The van der Waals surface area contributed by atoms with Gasteiger partial charge in [0.15, 0.2) is 0 Å². The van der Waals surface area contributed by atoms with Gasteiger partial charge in [0.05, 0.1) is 11.8 Å². The highest BCUT2D eigenvalue weighted by Crippen LogP contribution is 2.18. The Balaban J connectivity index is 1.99. The number of rotatable bonds is 2. The molecule has 18 heavy (non-hydrogen) atoms. The summed E-state index contributed by atoms with van der Waals surface area (Å²) < 4.78 is 5.09. The van der Waals surface area contributed by atoms with Crippen LogP contribution in [0.15, 0.2) is 46.2 Å². The summed E-state index contributed by atoms with van der Waals surface area (Å²) in [6.45, 7) is 0. The number of nitrogens with one attached hydrogen (secondary N) is 1. The first kappa shape index (κ1) is 10.3. The summed E-state index contributed by atoms with van der Waals surface area (Å²) in [4.78, 5) is 25.6. The zero-order valence-electron chi connectivity index (χ0n) is 9.07. The fraction of sp³-hybridized carbons (Fsp3) is 0. The minimum absolute atomic E-state index is 0.188. The van der Waals surface area contributed by atoms with Crippen LogP contribution in [0.1, 0.15) is 0 Å². The van der Waals surface area contributed by atoms with Crippen LogP contribution in [0.4, 0.5) is 0 Å². The predicted molar refractivity (Wildman–Crippen MR) is 61.4 cm³/mol. The molecule has 3 aromatic rings. The van der Waals surface area contributed by atoms with Crippen molar-refractivity contribution in [3.8, 4) is 23.0 Å². The average Bonchev–Trinajstić information content (AvgIpc) is 2.90. The minimum Gasteiger partial charge on any atom is -0.333 e. The molecule has 0 aliphatic carbocycles. The van der Waals surface area contributed by atoms with E-state index in [2.05, 4.69) is 25.1 Å². The van der Waals surface area contributed by atoms with Gasteiger partial charge in [-0.05, 0) is 6.07 Å². The Morgan fingerprint density at radius 2 is 2.17 bits per heavy atom. The van der Waals surface area contributed by atoms with Crippen LogP contribution in [-0.4, -0.2) is 25.1 Å². The molecule has 0 fully saturated rings. The second-order valence-electron chi connectivity index (χ2n) is 3.46. The fourth-order valence-electron chi connectivity index (χ4n) is 1.40. The van der Waals surface area contributed by atoms with E-state index in [9.17, 15) is 4.79 Å². The maximum atomic E-state index is 10.9. The Hall–Kier alpha value is -2.83. The lowest BCUT2D eigenvalue weighted by Crippen LogP contribution is -2.01. The molecular weight excluding hydrogens is 234 g/mol. The van der Waals surface area contributed by atoms with Gasteiger partial charge in [-0.3, -0.25) is 9.78 Å². The van der Waals surface area contributed by atoms with E-state index in [0.29, 0.717) is 23.0 Å². The van der Waals surface area contributed by atoms with E-state index in [-0.39, 0.29) is 5.56 Å². The summed E-state index contributed by atoms with van der Waals surface area (Å²) in [5, 5.41) is 3.80. The Morgan fingerprint density at radius 3 is 2.89 bits per heavy atom. The van der Waals surface area contributed by atoms with E-state index in [0.717, 1.165) is 0 Å². The smallest absolute Gasteiger partial charge is 0.259 e. The molecule has 88 valence electrons. The maximum absolute atomic E-state index is 10.9. The summed E-state index contributed by atoms with van der Waals surface area (Å²) in [6, 6.07) is 2.99. The first-order valence-corrected chi connectivity index (χ1v) is 5.12. The first-order valence-electron chi connectivity index (χ1n) is 5.12. The van der Waals surface area contributed by atoms with E-state index in [1.54, 1.807) is 24.7 Å². The van der Waals surface area contributed by atoms with Crippen LogP contribution in [0.25, 0.3) is 23.0 Å². The quantitative estimate of drug-likeness (QED) is 0.715. The van der Waals surface area contributed by atoms with E-state index >= 15 is 0 Å². The lowest BCUT2D eigenvalue weighted by Gasteiger charge is -1.91. The number of H-pyrrole nitrogens is 1. The van der Waals surface area contributed by atoms with Crippen LogP contribution >= 0.6 is 0 Å². The molecule has 0 saturated carbocycles. The zero-order chi connectivity index (χ0) is 12.4. The molecule has 1 N–H and O–H groups in total. The minimum atomic E-state index is -0.188. The van der Waals surface area contributed by atoms with E-state index in [4.69, 9.17) is 4.52 Å². The third kappa shape index (κ3) is 1.88. The van der Waals surface area contributed by atoms with Crippen LogP contribution in [0.5, 0.6) is 0 Å². The second-order valence-corrected chi connectivity index (χ2v) is 3.46. The Kier molecular flexibility index (Phi) is 2.41. The molecule has 3 rings (SSSR count). The van der Waals surface area contributed by atoms with Gasteiger partial charge in [-0.25, -0.2) is 4.98 Å². The van der Waals surface area contributed by atoms with E-state index < -0.39 is 0 Å². The molecule has 0 atom stereocenters. The van der Waals surface area contributed by atoms with Crippen LogP contribution in [0.2, 0.25) is 0 Å². The fourth-order valence-corrected chi connectivity index (χ4v) is 1.40. The lowest BCUT2D eigenvalue weighted by molar-refractivity contribution is 0.432. The summed E-state index contributed by atoms with van der Waals surface area (Å²) in [6.07, 6.45) is 6.16. The van der Waals surface area contributed by atoms with Crippen LogP contribution in [0.3, 0.4) is 0 Å². The van der Waals surface area contributed by atoms with Crippen LogP contribution in [0, 0.1) is 0 Å². The molecular formula is C11H7N5O2. The number of nitrogens with zero attached hydrogens (tertiary/aromatic N) is 4. The monoisotopic (exact) mass is 241 g/mol. The molecule has 7 heteroatoms. The lowest BCUT2D eigenvalue weighted by atomic mass is 10.3. The Morgan fingerprint density at radius 1 is 1.22 bits per heavy atom. The third-order valence-electron chi connectivity index (χ3n) is 2.25. The Labute approximate surface area is 101 Å². The van der Waals surface area contributed by atoms with Gasteiger partial charge in [0.1, 0.15) is 5.69 Å². The number of pyridine rings is 1. The van der Waals surface area contributed by atoms with Crippen LogP contribution in [-0.2, 0) is 0 Å². The summed E-state index contributed by atoms with van der Waals surface area (Å²) in [5.74, 6) is 0.663. The Bertz CT molecular complexity index is 699. The molecule has 3 heterocycles. The van der Waals surface area contributed by atoms with Crippen molar-refractivity contribution >= 4 is 0 Å². The molecule has 0 aliphatic rings. The molecule has 3 aromatic heterocycles. The van der Waals surface area contributed by atoms with Gasteiger partial charge in [0.25, 0.3) is 5.89 Å². The van der Waals surface area contributed by atoms with Crippen molar-refractivity contribution in [2.45, 2.75) is 0 Å². The zero-order valence-corrected chi connectivity index (χ0v) is 9.07. The van der Waals surface area contributed by atoms with Gasteiger partial charge in [-0.1, -0.05) is 5.16 Å². The standard InChI is InChI=1S/C11H7N5O2/c17-9-2-1-7(5-14-9)11-15-10(16-18-11)8-6-12-3-4-13-8/h1-6H,(H,14,17). The number of aromatic nitrogens is 5. The largest absolute Gasteiger partial charge is 0.333 e. The van der Waals surface area contributed by atoms with Crippen molar-refractivity contribution in [2.75, 3.05) is 0 Å². The van der Waals surface area contributed by atoms with Crippen LogP contribution < -0.4 is 5.56 Å². The topological polar surface area (TPSA) is 97.6 Å². The molecule has 0 bridgehead atoms. The molecule has 7 nitrogen and oxygen atoms in total. The highest BCUT2D eigenvalue weighted by Gasteiger charge is 2.11. The highest BCUT2D eigenvalue weighted by molar-refractivity contribution is 5.55. The maximum Gasteiger partial charge on any atom is 0.259 e. The summed E-state index contributed by atoms with van der Waals surface area (Å²) in [5.41, 5.74) is 0.974. The number of hydrogen-bond acceptors (Lipinski definition) is 6. The van der Waals surface area contributed by atoms with Gasteiger partial charge in [0, 0.05) is 24.7 Å². The van der Waals surface area contributed by atoms with Crippen molar-refractivity contribution in [2.24, 2.45) is 0 Å². The van der Waals surface area contributed by atoms with E-state index in [1.165, 1.54) is 12.3 Å². The third-order valence-corrected chi connectivity index (χ3v) is 2.25. The molecule has 0 radical (unpaired) electrons.